The van der Waals surface area contributed by atoms with Gasteiger partial charge in [-0.05, 0) is 48.4 Å². The standard InChI is InChI=1S/C21H21N3O5/c1-13-10-14(8-9-17(13)28-2)11-16-20(26)24(21(27)23-16)12-19(25)22-15-6-4-5-7-18(15)29-3/h4-11H,12H2,1-3H3,(H,22,25)(H,23,27)/b16-11+. The first-order valence-electron chi connectivity index (χ1n) is 8.85. The van der Waals surface area contributed by atoms with Crippen molar-refractivity contribution in [2.24, 2.45) is 0 Å². The largest absolute Gasteiger partial charge is 0.496 e. The fourth-order valence-corrected chi connectivity index (χ4v) is 2.95. The molecule has 0 unspecified atom stereocenters. The van der Waals surface area contributed by atoms with E-state index in [-0.39, 0.29) is 5.70 Å². The number of hydrogen-bond donors (Lipinski definition) is 2. The number of imide groups is 1. The molecule has 0 aliphatic carbocycles. The Balaban J connectivity index is 1.72. The summed E-state index contributed by atoms with van der Waals surface area (Å²) in [6, 6.07) is 11.6. The number of nitrogens with zero attached hydrogens (tertiary/aromatic N) is 1. The Hall–Kier alpha value is -3.81. The van der Waals surface area contributed by atoms with Crippen LogP contribution in [0.5, 0.6) is 11.5 Å². The number of anilines is 1. The van der Waals surface area contributed by atoms with Crippen molar-refractivity contribution in [1.82, 2.24) is 10.2 Å². The maximum Gasteiger partial charge on any atom is 0.329 e. The van der Waals surface area contributed by atoms with Gasteiger partial charge in [-0.2, -0.15) is 0 Å². The van der Waals surface area contributed by atoms with Crippen LogP contribution in [0, 0.1) is 6.92 Å². The van der Waals surface area contributed by atoms with Gasteiger partial charge in [-0.1, -0.05) is 18.2 Å². The number of nitrogens with one attached hydrogen (secondary N) is 2. The minimum Gasteiger partial charge on any atom is -0.496 e. The van der Waals surface area contributed by atoms with Crippen LogP contribution in [0.4, 0.5) is 10.5 Å². The van der Waals surface area contributed by atoms with E-state index in [0.717, 1.165) is 21.8 Å². The van der Waals surface area contributed by atoms with Crippen molar-refractivity contribution < 1.29 is 23.9 Å². The molecule has 0 spiro atoms. The van der Waals surface area contributed by atoms with Gasteiger partial charge in [-0.15, -0.1) is 0 Å². The van der Waals surface area contributed by atoms with Gasteiger partial charge in [0.2, 0.25) is 5.91 Å². The summed E-state index contributed by atoms with van der Waals surface area (Å²) in [4.78, 5) is 38.0. The molecule has 0 aromatic heterocycles. The minimum atomic E-state index is -0.651. The second kappa shape index (κ2) is 8.47. The van der Waals surface area contributed by atoms with Gasteiger partial charge in [0.05, 0.1) is 19.9 Å². The summed E-state index contributed by atoms with van der Waals surface area (Å²) in [5.74, 6) is 0.121. The van der Waals surface area contributed by atoms with Crippen molar-refractivity contribution in [2.75, 3.05) is 26.1 Å². The topological polar surface area (TPSA) is 97.0 Å². The molecule has 1 aliphatic heterocycles. The number of urea groups is 1. The molecule has 0 atom stereocenters. The van der Waals surface area contributed by atoms with Crippen molar-refractivity contribution >= 4 is 29.6 Å². The number of hydrogen-bond acceptors (Lipinski definition) is 5. The highest BCUT2D eigenvalue weighted by Gasteiger charge is 2.35. The number of aryl methyl sites for hydroxylation is 1. The number of rotatable bonds is 6. The van der Waals surface area contributed by atoms with E-state index in [9.17, 15) is 14.4 Å². The Morgan fingerprint density at radius 1 is 1.10 bits per heavy atom. The van der Waals surface area contributed by atoms with Crippen molar-refractivity contribution in [3.05, 3.63) is 59.3 Å². The number of methoxy groups -OCH3 is 2. The average Bonchev–Trinajstić information content (AvgIpc) is 2.96. The van der Waals surface area contributed by atoms with E-state index in [1.807, 2.05) is 13.0 Å². The summed E-state index contributed by atoms with van der Waals surface area (Å²) < 4.78 is 10.4. The lowest BCUT2D eigenvalue weighted by Gasteiger charge is -2.13. The Morgan fingerprint density at radius 2 is 1.83 bits per heavy atom. The molecule has 29 heavy (non-hydrogen) atoms. The van der Waals surface area contributed by atoms with Crippen LogP contribution in [0.3, 0.4) is 0 Å². The second-order valence-electron chi connectivity index (χ2n) is 6.36. The van der Waals surface area contributed by atoms with Gasteiger partial charge in [0, 0.05) is 0 Å². The Bertz CT molecular complexity index is 1000. The monoisotopic (exact) mass is 395 g/mol. The molecule has 150 valence electrons. The van der Waals surface area contributed by atoms with E-state index < -0.39 is 24.4 Å². The highest BCUT2D eigenvalue weighted by atomic mass is 16.5. The van der Waals surface area contributed by atoms with Gasteiger partial charge in [0.1, 0.15) is 23.7 Å². The third kappa shape index (κ3) is 4.37. The van der Waals surface area contributed by atoms with E-state index in [2.05, 4.69) is 10.6 Å². The molecule has 1 fully saturated rings. The van der Waals surface area contributed by atoms with E-state index in [1.54, 1.807) is 49.6 Å². The highest BCUT2D eigenvalue weighted by Crippen LogP contribution is 2.24. The molecule has 3 rings (SSSR count). The Labute approximate surface area is 168 Å². The number of para-hydroxylation sites is 2. The number of amides is 4. The quantitative estimate of drug-likeness (QED) is 0.579. The van der Waals surface area contributed by atoms with E-state index >= 15 is 0 Å². The smallest absolute Gasteiger partial charge is 0.329 e. The number of carbonyl (C=O) groups is 3. The molecule has 0 saturated carbocycles. The van der Waals surface area contributed by atoms with Crippen LogP contribution < -0.4 is 20.1 Å². The lowest BCUT2D eigenvalue weighted by atomic mass is 10.1. The molecule has 0 bridgehead atoms. The van der Waals surface area contributed by atoms with Crippen LogP contribution in [0.15, 0.2) is 48.2 Å². The zero-order valence-electron chi connectivity index (χ0n) is 16.3. The number of ether oxygens (including phenoxy) is 2. The fraction of sp³-hybridized carbons (Fsp3) is 0.190. The Kier molecular flexibility index (Phi) is 5.82. The molecule has 8 heteroatoms. The lowest BCUT2D eigenvalue weighted by molar-refractivity contribution is -0.127. The van der Waals surface area contributed by atoms with E-state index in [0.29, 0.717) is 11.4 Å². The molecule has 8 nitrogen and oxygen atoms in total. The van der Waals surface area contributed by atoms with Crippen molar-refractivity contribution in [3.8, 4) is 11.5 Å². The maximum atomic E-state index is 12.6. The molecule has 2 aromatic rings. The summed E-state index contributed by atoms with van der Waals surface area (Å²) in [5, 5.41) is 5.15. The molecule has 1 heterocycles. The maximum absolute atomic E-state index is 12.6. The third-order valence-electron chi connectivity index (χ3n) is 4.38. The van der Waals surface area contributed by atoms with Gasteiger partial charge in [-0.3, -0.25) is 9.59 Å². The van der Waals surface area contributed by atoms with Gasteiger partial charge < -0.3 is 20.1 Å². The van der Waals surface area contributed by atoms with Crippen LogP contribution in [-0.4, -0.2) is 43.5 Å². The predicted octanol–water partition coefficient (Wildman–Crippen LogP) is 2.54. The average molecular weight is 395 g/mol. The fourth-order valence-electron chi connectivity index (χ4n) is 2.95. The molecule has 0 radical (unpaired) electrons. The predicted molar refractivity (Wildman–Crippen MR) is 108 cm³/mol. The first-order valence-corrected chi connectivity index (χ1v) is 8.85. The first-order chi connectivity index (χ1) is 13.9. The molecule has 1 aliphatic rings. The van der Waals surface area contributed by atoms with E-state index in [1.165, 1.54) is 7.11 Å². The molecular weight excluding hydrogens is 374 g/mol. The van der Waals surface area contributed by atoms with Crippen molar-refractivity contribution in [1.29, 1.82) is 0 Å². The molecule has 2 aromatic carbocycles. The van der Waals surface area contributed by atoms with Crippen molar-refractivity contribution in [3.63, 3.8) is 0 Å². The van der Waals surface area contributed by atoms with Crippen LogP contribution in [0.1, 0.15) is 11.1 Å². The van der Waals surface area contributed by atoms with Gasteiger partial charge in [0.15, 0.2) is 0 Å². The molecule has 4 amide bonds. The summed E-state index contributed by atoms with van der Waals surface area (Å²) in [6.45, 7) is 1.46. The molecule has 1 saturated heterocycles. The molecular formula is C21H21N3O5. The van der Waals surface area contributed by atoms with Gasteiger partial charge in [0.25, 0.3) is 5.91 Å². The van der Waals surface area contributed by atoms with Crippen LogP contribution in [0.2, 0.25) is 0 Å². The van der Waals surface area contributed by atoms with Crippen LogP contribution >= 0.6 is 0 Å². The highest BCUT2D eigenvalue weighted by molar-refractivity contribution is 6.16. The third-order valence-corrected chi connectivity index (χ3v) is 4.38. The lowest BCUT2D eigenvalue weighted by Crippen LogP contribution is -2.38. The SMILES string of the molecule is COc1ccc(/C=C2/NC(=O)N(CC(=O)Nc3ccccc3OC)C2=O)cc1C. The van der Waals surface area contributed by atoms with Crippen LogP contribution in [-0.2, 0) is 9.59 Å². The van der Waals surface area contributed by atoms with Crippen LogP contribution in [0.25, 0.3) is 6.08 Å². The summed E-state index contributed by atoms with van der Waals surface area (Å²) in [6.07, 6.45) is 1.56. The second-order valence-corrected chi connectivity index (χ2v) is 6.36. The van der Waals surface area contributed by atoms with Gasteiger partial charge >= 0.3 is 6.03 Å². The normalized spacial score (nSPS) is 14.7. The minimum absolute atomic E-state index is 0.102. The first kappa shape index (κ1) is 19.9. The zero-order valence-corrected chi connectivity index (χ0v) is 16.3. The van der Waals surface area contributed by atoms with E-state index in [4.69, 9.17) is 9.47 Å². The zero-order chi connectivity index (χ0) is 21.0. The Morgan fingerprint density at radius 3 is 2.52 bits per heavy atom. The number of benzene rings is 2. The van der Waals surface area contributed by atoms with Gasteiger partial charge in [-0.25, -0.2) is 9.69 Å². The summed E-state index contributed by atoms with van der Waals surface area (Å²) >= 11 is 0. The van der Waals surface area contributed by atoms with Crippen molar-refractivity contribution in [2.45, 2.75) is 6.92 Å². The summed E-state index contributed by atoms with van der Waals surface area (Å²) in [7, 11) is 3.07. The number of carbonyl (C=O) groups excluding carboxylic acids is 3. The molecule has 2 N–H and O–H groups in total. The summed E-state index contributed by atoms with van der Waals surface area (Å²) in [5.41, 5.74) is 2.18.